The molecule has 1 saturated heterocycles. The standard InChI is InChI=1S/C11H23N3O2/c1-3-16-11(15)14-9-7-13(8-10-14)6-4-5-12-2/h12H,3-10H2,1-2H3. The van der Waals surface area contributed by atoms with Gasteiger partial charge in [-0.05, 0) is 33.5 Å². The van der Waals surface area contributed by atoms with Crippen molar-refractivity contribution in [2.24, 2.45) is 0 Å². The minimum Gasteiger partial charge on any atom is -0.450 e. The van der Waals surface area contributed by atoms with E-state index in [1.807, 2.05) is 14.0 Å². The number of nitrogens with zero attached hydrogens (tertiary/aromatic N) is 2. The van der Waals surface area contributed by atoms with E-state index in [9.17, 15) is 4.79 Å². The van der Waals surface area contributed by atoms with E-state index < -0.39 is 0 Å². The maximum Gasteiger partial charge on any atom is 0.409 e. The van der Waals surface area contributed by atoms with Crippen LogP contribution in [0.25, 0.3) is 0 Å². The van der Waals surface area contributed by atoms with Gasteiger partial charge in [-0.15, -0.1) is 0 Å². The lowest BCUT2D eigenvalue weighted by atomic mass is 10.3. The molecule has 0 aliphatic carbocycles. The quantitative estimate of drug-likeness (QED) is 0.692. The molecule has 1 amide bonds. The van der Waals surface area contributed by atoms with Gasteiger partial charge in [0.15, 0.2) is 0 Å². The first-order valence-corrected chi connectivity index (χ1v) is 6.06. The van der Waals surface area contributed by atoms with Gasteiger partial charge in [0.1, 0.15) is 0 Å². The van der Waals surface area contributed by atoms with Crippen LogP contribution in [0.1, 0.15) is 13.3 Å². The highest BCUT2D eigenvalue weighted by atomic mass is 16.6. The van der Waals surface area contributed by atoms with Crippen molar-refractivity contribution in [1.29, 1.82) is 0 Å². The van der Waals surface area contributed by atoms with Crippen LogP contribution in [0, 0.1) is 0 Å². The van der Waals surface area contributed by atoms with E-state index in [4.69, 9.17) is 4.74 Å². The normalized spacial score (nSPS) is 17.5. The Kier molecular flexibility index (Phi) is 6.18. The summed E-state index contributed by atoms with van der Waals surface area (Å²) >= 11 is 0. The molecule has 1 fully saturated rings. The fraction of sp³-hybridized carbons (Fsp3) is 0.909. The largest absolute Gasteiger partial charge is 0.450 e. The van der Waals surface area contributed by atoms with Gasteiger partial charge in [0, 0.05) is 26.2 Å². The minimum atomic E-state index is -0.169. The lowest BCUT2D eigenvalue weighted by Crippen LogP contribution is -2.49. The highest BCUT2D eigenvalue weighted by molar-refractivity contribution is 5.67. The molecule has 5 nitrogen and oxygen atoms in total. The van der Waals surface area contributed by atoms with E-state index in [1.165, 1.54) is 0 Å². The highest BCUT2D eigenvalue weighted by Crippen LogP contribution is 2.04. The van der Waals surface area contributed by atoms with Crippen molar-refractivity contribution in [3.8, 4) is 0 Å². The van der Waals surface area contributed by atoms with Crippen molar-refractivity contribution in [1.82, 2.24) is 15.1 Å². The molecule has 94 valence electrons. The number of hydrogen-bond donors (Lipinski definition) is 1. The molecule has 5 heteroatoms. The maximum atomic E-state index is 11.4. The second-order valence-electron chi connectivity index (χ2n) is 3.98. The Morgan fingerprint density at radius 2 is 2.00 bits per heavy atom. The van der Waals surface area contributed by atoms with Gasteiger partial charge in [-0.25, -0.2) is 4.79 Å². The Bertz CT molecular complexity index is 203. The predicted molar refractivity (Wildman–Crippen MR) is 63.6 cm³/mol. The van der Waals surface area contributed by atoms with E-state index in [0.717, 1.165) is 45.7 Å². The van der Waals surface area contributed by atoms with Crippen LogP contribution in [0.2, 0.25) is 0 Å². The van der Waals surface area contributed by atoms with Crippen molar-refractivity contribution >= 4 is 6.09 Å². The van der Waals surface area contributed by atoms with Crippen LogP contribution in [0.15, 0.2) is 0 Å². The van der Waals surface area contributed by atoms with Crippen LogP contribution < -0.4 is 5.32 Å². The second kappa shape index (κ2) is 7.46. The first-order valence-electron chi connectivity index (χ1n) is 6.06. The van der Waals surface area contributed by atoms with Gasteiger partial charge in [0.05, 0.1) is 6.61 Å². The Hall–Kier alpha value is -0.810. The lowest BCUT2D eigenvalue weighted by Gasteiger charge is -2.33. The zero-order valence-corrected chi connectivity index (χ0v) is 10.4. The molecule has 16 heavy (non-hydrogen) atoms. The molecule has 1 rings (SSSR count). The highest BCUT2D eigenvalue weighted by Gasteiger charge is 2.21. The maximum absolute atomic E-state index is 11.4. The molecule has 0 aromatic rings. The van der Waals surface area contributed by atoms with Gasteiger partial charge in [-0.1, -0.05) is 0 Å². The van der Waals surface area contributed by atoms with Crippen molar-refractivity contribution in [3.63, 3.8) is 0 Å². The van der Waals surface area contributed by atoms with E-state index in [0.29, 0.717) is 6.61 Å². The molecule has 0 aromatic heterocycles. The first-order chi connectivity index (χ1) is 7.77. The first kappa shape index (κ1) is 13.3. The van der Waals surface area contributed by atoms with Crippen LogP contribution in [0.3, 0.4) is 0 Å². The Morgan fingerprint density at radius 3 is 2.56 bits per heavy atom. The molecule has 0 atom stereocenters. The molecule has 0 bridgehead atoms. The summed E-state index contributed by atoms with van der Waals surface area (Å²) in [6.45, 7) is 7.96. The second-order valence-corrected chi connectivity index (χ2v) is 3.98. The Balaban J connectivity index is 2.15. The summed E-state index contributed by atoms with van der Waals surface area (Å²) in [6, 6.07) is 0. The number of hydrogen-bond acceptors (Lipinski definition) is 4. The third-order valence-electron chi connectivity index (χ3n) is 2.80. The number of ether oxygens (including phenoxy) is 1. The molecule has 1 aliphatic heterocycles. The third-order valence-corrected chi connectivity index (χ3v) is 2.80. The zero-order valence-electron chi connectivity index (χ0n) is 10.4. The molecule has 1 heterocycles. The van der Waals surface area contributed by atoms with Crippen LogP contribution in [-0.2, 0) is 4.74 Å². The Morgan fingerprint density at radius 1 is 1.31 bits per heavy atom. The number of carbonyl (C=O) groups is 1. The predicted octanol–water partition coefficient (Wildman–Crippen LogP) is 0.370. The average molecular weight is 229 g/mol. The van der Waals surface area contributed by atoms with Crippen molar-refractivity contribution < 1.29 is 9.53 Å². The summed E-state index contributed by atoms with van der Waals surface area (Å²) in [5.74, 6) is 0. The van der Waals surface area contributed by atoms with E-state index in [1.54, 1.807) is 4.90 Å². The SMILES string of the molecule is CCOC(=O)N1CCN(CCCNC)CC1. The topological polar surface area (TPSA) is 44.8 Å². The smallest absolute Gasteiger partial charge is 0.409 e. The number of rotatable bonds is 5. The summed E-state index contributed by atoms with van der Waals surface area (Å²) < 4.78 is 4.97. The minimum absolute atomic E-state index is 0.169. The number of amides is 1. The lowest BCUT2D eigenvalue weighted by molar-refractivity contribution is 0.0794. The van der Waals surface area contributed by atoms with E-state index in [2.05, 4.69) is 10.2 Å². The van der Waals surface area contributed by atoms with Crippen LogP contribution >= 0.6 is 0 Å². The van der Waals surface area contributed by atoms with Crippen LogP contribution in [0.5, 0.6) is 0 Å². The van der Waals surface area contributed by atoms with Crippen LogP contribution in [-0.4, -0.2) is 68.8 Å². The Labute approximate surface area is 97.7 Å². The molecule has 0 saturated carbocycles. The summed E-state index contributed by atoms with van der Waals surface area (Å²) in [7, 11) is 1.97. The summed E-state index contributed by atoms with van der Waals surface area (Å²) in [6.07, 6.45) is 0.994. The average Bonchev–Trinajstić information content (AvgIpc) is 2.30. The zero-order chi connectivity index (χ0) is 11.8. The van der Waals surface area contributed by atoms with Crippen molar-refractivity contribution in [3.05, 3.63) is 0 Å². The summed E-state index contributed by atoms with van der Waals surface area (Å²) in [4.78, 5) is 15.6. The van der Waals surface area contributed by atoms with E-state index in [-0.39, 0.29) is 6.09 Å². The molecule has 0 radical (unpaired) electrons. The molecule has 1 N–H and O–H groups in total. The number of nitrogens with one attached hydrogen (secondary N) is 1. The van der Waals surface area contributed by atoms with Gasteiger partial charge >= 0.3 is 6.09 Å². The number of piperazine rings is 1. The van der Waals surface area contributed by atoms with Crippen molar-refractivity contribution in [2.75, 3.05) is 52.9 Å². The van der Waals surface area contributed by atoms with Gasteiger partial charge in [0.25, 0.3) is 0 Å². The van der Waals surface area contributed by atoms with E-state index >= 15 is 0 Å². The van der Waals surface area contributed by atoms with Gasteiger partial charge in [0.2, 0.25) is 0 Å². The summed E-state index contributed by atoms with van der Waals surface area (Å²) in [5, 5.41) is 3.14. The van der Waals surface area contributed by atoms with Crippen LogP contribution in [0.4, 0.5) is 4.79 Å². The molecular formula is C11H23N3O2. The molecule has 0 aromatic carbocycles. The molecule has 0 unspecified atom stereocenters. The monoisotopic (exact) mass is 229 g/mol. The molecule has 1 aliphatic rings. The fourth-order valence-electron chi connectivity index (χ4n) is 1.85. The van der Waals surface area contributed by atoms with Gasteiger partial charge < -0.3 is 15.0 Å². The molecule has 0 spiro atoms. The number of carbonyl (C=O) groups excluding carboxylic acids is 1. The third kappa shape index (κ3) is 4.37. The fourth-order valence-corrected chi connectivity index (χ4v) is 1.85. The van der Waals surface area contributed by atoms with Crippen molar-refractivity contribution in [2.45, 2.75) is 13.3 Å². The molecular weight excluding hydrogens is 206 g/mol. The summed E-state index contributed by atoms with van der Waals surface area (Å²) in [5.41, 5.74) is 0. The van der Waals surface area contributed by atoms with Gasteiger partial charge in [-0.3, -0.25) is 4.90 Å². The van der Waals surface area contributed by atoms with Gasteiger partial charge in [-0.2, -0.15) is 0 Å².